The van der Waals surface area contributed by atoms with Gasteiger partial charge in [-0.05, 0) is 37.5 Å². The van der Waals surface area contributed by atoms with Gasteiger partial charge in [0.05, 0.1) is 29.1 Å². The molecule has 0 amide bonds. The van der Waals surface area contributed by atoms with E-state index in [1.807, 2.05) is 35.3 Å². The van der Waals surface area contributed by atoms with Crippen LogP contribution in [0, 0.1) is 0 Å². The first-order valence-electron chi connectivity index (χ1n) is 7.48. The molecule has 0 spiro atoms. The summed E-state index contributed by atoms with van der Waals surface area (Å²) in [7, 11) is 0. The van der Waals surface area contributed by atoms with Crippen LogP contribution >= 0.6 is 0 Å². The van der Waals surface area contributed by atoms with Crippen LogP contribution in [0.4, 0.5) is 5.69 Å². The van der Waals surface area contributed by atoms with E-state index in [-0.39, 0.29) is 6.23 Å². The number of hydrogen-bond donors (Lipinski definition) is 1. The first-order valence-corrected chi connectivity index (χ1v) is 7.48. The van der Waals surface area contributed by atoms with Gasteiger partial charge in [-0.3, -0.25) is 4.98 Å². The van der Waals surface area contributed by atoms with Crippen LogP contribution in [-0.4, -0.2) is 26.4 Å². The van der Waals surface area contributed by atoms with E-state index in [1.54, 1.807) is 6.20 Å². The maximum atomic E-state index is 5.76. The van der Waals surface area contributed by atoms with Crippen LogP contribution in [0.5, 0.6) is 0 Å². The number of ether oxygens (including phenoxy) is 1. The van der Waals surface area contributed by atoms with Gasteiger partial charge in [0.15, 0.2) is 0 Å². The molecule has 4 rings (SSSR count). The molecule has 6 heteroatoms. The van der Waals surface area contributed by atoms with E-state index in [2.05, 4.69) is 15.1 Å². The molecule has 112 valence electrons. The lowest BCUT2D eigenvalue weighted by molar-refractivity contribution is -0.0394. The van der Waals surface area contributed by atoms with Crippen LogP contribution in [0.25, 0.3) is 22.3 Å². The fourth-order valence-electron chi connectivity index (χ4n) is 2.73. The average molecular weight is 295 g/mol. The Morgan fingerprint density at radius 2 is 2.14 bits per heavy atom. The maximum Gasteiger partial charge on any atom is 0.150 e. The van der Waals surface area contributed by atoms with Crippen LogP contribution in [0.15, 0.2) is 36.8 Å². The molecule has 1 aromatic carbocycles. The normalized spacial score (nSPS) is 18.6. The van der Waals surface area contributed by atoms with Crippen molar-refractivity contribution in [3.05, 3.63) is 36.8 Å². The second-order valence-corrected chi connectivity index (χ2v) is 5.53. The monoisotopic (exact) mass is 295 g/mol. The van der Waals surface area contributed by atoms with Gasteiger partial charge in [-0.1, -0.05) is 0 Å². The summed E-state index contributed by atoms with van der Waals surface area (Å²) in [5.41, 5.74) is 9.83. The third kappa shape index (κ3) is 2.42. The van der Waals surface area contributed by atoms with E-state index in [4.69, 9.17) is 10.5 Å². The van der Waals surface area contributed by atoms with Gasteiger partial charge in [0, 0.05) is 24.1 Å². The molecule has 0 radical (unpaired) electrons. The number of hydrogen-bond acceptors (Lipinski definition) is 5. The van der Waals surface area contributed by atoms with Crippen LogP contribution in [0.1, 0.15) is 25.5 Å². The highest BCUT2D eigenvalue weighted by molar-refractivity contribution is 5.79. The molecule has 2 aromatic heterocycles. The number of nitrogen functional groups attached to an aromatic ring is 1. The minimum atomic E-state index is 0.0377. The summed E-state index contributed by atoms with van der Waals surface area (Å²) in [5.74, 6) is 0. The molecule has 3 aromatic rings. The molecule has 0 aliphatic carbocycles. The number of rotatable bonds is 2. The number of nitrogens with zero attached hydrogens (tertiary/aromatic N) is 4. The zero-order valence-electron chi connectivity index (χ0n) is 12.1. The molecule has 6 nitrogen and oxygen atoms in total. The average Bonchev–Trinajstić information content (AvgIpc) is 3.05. The summed E-state index contributed by atoms with van der Waals surface area (Å²) < 4.78 is 7.63. The molecule has 22 heavy (non-hydrogen) atoms. The largest absolute Gasteiger partial charge is 0.399 e. The summed E-state index contributed by atoms with van der Waals surface area (Å²) in [6.45, 7) is 0.803. The van der Waals surface area contributed by atoms with E-state index in [0.29, 0.717) is 5.69 Å². The van der Waals surface area contributed by atoms with Crippen molar-refractivity contribution < 1.29 is 4.74 Å². The summed E-state index contributed by atoms with van der Waals surface area (Å²) in [5, 5.41) is 4.41. The first kappa shape index (κ1) is 13.2. The highest BCUT2D eigenvalue weighted by atomic mass is 16.5. The van der Waals surface area contributed by atoms with Gasteiger partial charge >= 0.3 is 0 Å². The Morgan fingerprint density at radius 3 is 3.00 bits per heavy atom. The summed E-state index contributed by atoms with van der Waals surface area (Å²) >= 11 is 0. The topological polar surface area (TPSA) is 78.8 Å². The molecule has 2 N–H and O–H groups in total. The van der Waals surface area contributed by atoms with Crippen LogP contribution in [0.3, 0.4) is 0 Å². The summed E-state index contributed by atoms with van der Waals surface area (Å²) in [6, 6.07) is 5.54. The first-order chi connectivity index (χ1) is 10.8. The zero-order chi connectivity index (χ0) is 14.9. The Bertz CT molecular complexity index is 807. The molecule has 0 bridgehead atoms. The molecular weight excluding hydrogens is 278 g/mol. The Balaban J connectivity index is 1.66. The van der Waals surface area contributed by atoms with Crippen molar-refractivity contribution in [3.8, 4) is 11.3 Å². The van der Waals surface area contributed by atoms with Gasteiger partial charge in [0.1, 0.15) is 6.23 Å². The summed E-state index contributed by atoms with van der Waals surface area (Å²) in [6.07, 6.45) is 8.89. The SMILES string of the molecule is Nc1ccc2nc(-c3cnn(C4CCCCO4)c3)cnc2c1. The number of anilines is 1. The molecular formula is C16H17N5O. The Labute approximate surface area is 127 Å². The fourth-order valence-corrected chi connectivity index (χ4v) is 2.73. The quantitative estimate of drug-likeness (QED) is 0.735. The molecule has 1 unspecified atom stereocenters. The third-order valence-electron chi connectivity index (χ3n) is 3.91. The Kier molecular flexibility index (Phi) is 3.23. The van der Waals surface area contributed by atoms with Crippen molar-refractivity contribution in [2.24, 2.45) is 0 Å². The fraction of sp³-hybridized carbons (Fsp3) is 0.312. The molecule has 1 fully saturated rings. The van der Waals surface area contributed by atoms with E-state index in [0.717, 1.165) is 41.7 Å². The second-order valence-electron chi connectivity index (χ2n) is 5.53. The number of nitrogens with two attached hydrogens (primary N) is 1. The van der Waals surface area contributed by atoms with E-state index in [9.17, 15) is 0 Å². The molecule has 1 aliphatic heterocycles. The van der Waals surface area contributed by atoms with Gasteiger partial charge in [-0.25, -0.2) is 9.67 Å². The molecule has 1 atom stereocenters. The highest BCUT2D eigenvalue weighted by Gasteiger charge is 2.17. The Morgan fingerprint density at radius 1 is 1.18 bits per heavy atom. The lowest BCUT2D eigenvalue weighted by Gasteiger charge is -2.22. The second kappa shape index (κ2) is 5.38. The van der Waals surface area contributed by atoms with Crippen molar-refractivity contribution in [1.82, 2.24) is 19.7 Å². The number of fused-ring (bicyclic) bond motifs is 1. The smallest absolute Gasteiger partial charge is 0.150 e. The predicted octanol–water partition coefficient (Wildman–Crippen LogP) is 2.77. The van der Waals surface area contributed by atoms with E-state index < -0.39 is 0 Å². The van der Waals surface area contributed by atoms with Crippen molar-refractivity contribution in [1.29, 1.82) is 0 Å². The molecule has 3 heterocycles. The van der Waals surface area contributed by atoms with Crippen LogP contribution < -0.4 is 5.73 Å². The lowest BCUT2D eigenvalue weighted by Crippen LogP contribution is -2.18. The third-order valence-corrected chi connectivity index (χ3v) is 3.91. The highest BCUT2D eigenvalue weighted by Crippen LogP contribution is 2.25. The van der Waals surface area contributed by atoms with E-state index in [1.165, 1.54) is 6.42 Å². The van der Waals surface area contributed by atoms with Gasteiger partial charge in [0.2, 0.25) is 0 Å². The van der Waals surface area contributed by atoms with Crippen LogP contribution in [-0.2, 0) is 4.74 Å². The standard InChI is InChI=1S/C16H17N5O/c17-12-4-5-13-14(7-12)18-9-15(20-13)11-8-19-21(10-11)16-3-1-2-6-22-16/h4-5,7-10,16H,1-3,6,17H2. The van der Waals surface area contributed by atoms with E-state index >= 15 is 0 Å². The lowest BCUT2D eigenvalue weighted by atomic mass is 10.2. The molecule has 1 aliphatic rings. The van der Waals surface area contributed by atoms with Crippen molar-refractivity contribution in [2.45, 2.75) is 25.5 Å². The predicted molar refractivity (Wildman–Crippen MR) is 84.0 cm³/mol. The van der Waals surface area contributed by atoms with Crippen LogP contribution in [0.2, 0.25) is 0 Å². The summed E-state index contributed by atoms with van der Waals surface area (Å²) in [4.78, 5) is 9.06. The Hall–Kier alpha value is -2.47. The van der Waals surface area contributed by atoms with Crippen molar-refractivity contribution in [3.63, 3.8) is 0 Å². The maximum absolute atomic E-state index is 5.76. The van der Waals surface area contributed by atoms with Gasteiger partial charge in [0.25, 0.3) is 0 Å². The molecule has 0 saturated carbocycles. The minimum absolute atomic E-state index is 0.0377. The van der Waals surface area contributed by atoms with Crippen molar-refractivity contribution >= 4 is 16.7 Å². The van der Waals surface area contributed by atoms with Gasteiger partial charge < -0.3 is 10.5 Å². The van der Waals surface area contributed by atoms with Crippen molar-refractivity contribution in [2.75, 3.05) is 12.3 Å². The minimum Gasteiger partial charge on any atom is -0.399 e. The molecule has 1 saturated heterocycles. The number of aromatic nitrogens is 4. The van der Waals surface area contributed by atoms with Gasteiger partial charge in [-0.15, -0.1) is 0 Å². The van der Waals surface area contributed by atoms with Gasteiger partial charge in [-0.2, -0.15) is 5.10 Å². The number of benzene rings is 1. The zero-order valence-corrected chi connectivity index (χ0v) is 12.1.